The quantitative estimate of drug-likeness (QED) is 0.817. The van der Waals surface area contributed by atoms with E-state index >= 15 is 0 Å². The maximum Gasteiger partial charge on any atom is 0.123 e. The summed E-state index contributed by atoms with van der Waals surface area (Å²) in [5.41, 5.74) is 1.11. The molecule has 2 aliphatic heterocycles. The zero-order chi connectivity index (χ0) is 17.9. The molecule has 3 atom stereocenters. The molecule has 0 radical (unpaired) electrons. The number of nitrogens with zero attached hydrogens (tertiary/aromatic N) is 2. The lowest BCUT2D eigenvalue weighted by Gasteiger charge is -2.46. The smallest absolute Gasteiger partial charge is 0.123 e. The highest BCUT2D eigenvalue weighted by Crippen LogP contribution is 2.32. The van der Waals surface area contributed by atoms with Gasteiger partial charge in [0.05, 0.1) is 18.3 Å². The summed E-state index contributed by atoms with van der Waals surface area (Å²) < 4.78 is 19.9. The molecule has 1 aromatic carbocycles. The summed E-state index contributed by atoms with van der Waals surface area (Å²) in [6.07, 6.45) is 4.14. The first-order chi connectivity index (χ1) is 12.7. The third-order valence-corrected chi connectivity index (χ3v) is 5.82. The van der Waals surface area contributed by atoms with E-state index in [0.29, 0.717) is 18.6 Å². The Kier molecular flexibility index (Phi) is 5.52. The van der Waals surface area contributed by atoms with Crippen LogP contribution < -0.4 is 10.1 Å². The van der Waals surface area contributed by atoms with E-state index in [1.165, 1.54) is 12.1 Å². The third-order valence-electron chi connectivity index (χ3n) is 5.35. The van der Waals surface area contributed by atoms with Crippen molar-refractivity contribution in [3.63, 3.8) is 0 Å². The summed E-state index contributed by atoms with van der Waals surface area (Å²) in [6.45, 7) is 3.76. The molecule has 2 fully saturated rings. The highest BCUT2D eigenvalue weighted by atomic mass is 79.9. The minimum absolute atomic E-state index is 0.230. The molecule has 4 nitrogen and oxygen atoms in total. The molecule has 4 rings (SSSR count). The molecule has 0 spiro atoms. The summed E-state index contributed by atoms with van der Waals surface area (Å²) in [7, 11) is 0. The third kappa shape index (κ3) is 4.08. The number of hydrogen-bond acceptors (Lipinski definition) is 4. The highest BCUT2D eigenvalue weighted by molar-refractivity contribution is 9.10. The molecule has 0 bridgehead atoms. The second-order valence-corrected chi connectivity index (χ2v) is 8.02. The highest BCUT2D eigenvalue weighted by Gasteiger charge is 2.37. The van der Waals surface area contributed by atoms with E-state index in [9.17, 15) is 4.39 Å². The Labute approximate surface area is 161 Å². The lowest BCUT2D eigenvalue weighted by atomic mass is 9.86. The van der Waals surface area contributed by atoms with Crippen LogP contribution >= 0.6 is 15.9 Å². The molecule has 1 aromatic heterocycles. The van der Waals surface area contributed by atoms with Crippen LogP contribution in [0.25, 0.3) is 0 Å². The SMILES string of the molecule is Fc1ccc(OCC2CCC3C(c4ccc(Br)cn4)NCCN3C2)cc1. The molecule has 6 heteroatoms. The van der Waals surface area contributed by atoms with Crippen molar-refractivity contribution in [3.05, 3.63) is 58.6 Å². The molecule has 2 aliphatic rings. The van der Waals surface area contributed by atoms with E-state index in [-0.39, 0.29) is 11.9 Å². The lowest BCUT2D eigenvalue weighted by molar-refractivity contribution is 0.0381. The molecule has 3 unspecified atom stereocenters. The minimum atomic E-state index is -0.230. The molecule has 138 valence electrons. The van der Waals surface area contributed by atoms with Crippen LogP contribution in [-0.4, -0.2) is 42.2 Å². The first-order valence-electron chi connectivity index (χ1n) is 9.16. The Hall–Kier alpha value is -1.50. The topological polar surface area (TPSA) is 37.4 Å². The Balaban J connectivity index is 1.36. The standard InChI is InChI=1S/C20H23BrFN3O/c21-15-2-7-18(24-11-15)20-19-8-1-14(12-25(19)10-9-23-20)13-26-17-5-3-16(22)4-6-17/h2-7,11,14,19-20,23H,1,8-10,12-13H2. The van der Waals surface area contributed by atoms with E-state index in [2.05, 4.69) is 43.3 Å². The van der Waals surface area contributed by atoms with E-state index < -0.39 is 0 Å². The van der Waals surface area contributed by atoms with Crippen LogP contribution in [0.4, 0.5) is 4.39 Å². The minimum Gasteiger partial charge on any atom is -0.493 e. The van der Waals surface area contributed by atoms with Gasteiger partial charge < -0.3 is 10.1 Å². The van der Waals surface area contributed by atoms with Crippen molar-refractivity contribution < 1.29 is 9.13 Å². The van der Waals surface area contributed by atoms with Gasteiger partial charge in [0.2, 0.25) is 0 Å². The zero-order valence-electron chi connectivity index (χ0n) is 14.6. The molecule has 2 aromatic rings. The average molecular weight is 420 g/mol. The maximum atomic E-state index is 13.0. The fourth-order valence-electron chi connectivity index (χ4n) is 4.04. The fraction of sp³-hybridized carbons (Fsp3) is 0.450. The van der Waals surface area contributed by atoms with Crippen LogP contribution in [0.3, 0.4) is 0 Å². The number of piperazine rings is 1. The number of benzene rings is 1. The van der Waals surface area contributed by atoms with Gasteiger partial charge in [-0.15, -0.1) is 0 Å². The fourth-order valence-corrected chi connectivity index (χ4v) is 4.27. The Bertz CT molecular complexity index is 725. The van der Waals surface area contributed by atoms with E-state index in [1.54, 1.807) is 12.1 Å². The van der Waals surface area contributed by atoms with Crippen molar-refractivity contribution >= 4 is 15.9 Å². The van der Waals surface area contributed by atoms with Gasteiger partial charge >= 0.3 is 0 Å². The maximum absolute atomic E-state index is 13.0. The molecule has 0 aliphatic carbocycles. The summed E-state index contributed by atoms with van der Waals surface area (Å²) in [4.78, 5) is 7.18. The van der Waals surface area contributed by atoms with Gasteiger partial charge in [-0.3, -0.25) is 9.88 Å². The van der Waals surface area contributed by atoms with Gasteiger partial charge in [0.15, 0.2) is 0 Å². The lowest BCUT2D eigenvalue weighted by Crippen LogP contribution is -2.57. The largest absolute Gasteiger partial charge is 0.493 e. The average Bonchev–Trinajstić information content (AvgIpc) is 2.67. The van der Waals surface area contributed by atoms with Crippen LogP contribution in [0.2, 0.25) is 0 Å². The number of aromatic nitrogens is 1. The van der Waals surface area contributed by atoms with Crippen molar-refractivity contribution in [1.82, 2.24) is 15.2 Å². The number of piperidine rings is 1. The molecule has 26 heavy (non-hydrogen) atoms. The van der Waals surface area contributed by atoms with Crippen LogP contribution in [0.5, 0.6) is 5.75 Å². The van der Waals surface area contributed by atoms with E-state index in [1.807, 2.05) is 6.20 Å². The number of pyridine rings is 1. The van der Waals surface area contributed by atoms with Crippen molar-refractivity contribution in [2.45, 2.75) is 24.9 Å². The number of ether oxygens (including phenoxy) is 1. The van der Waals surface area contributed by atoms with Crippen molar-refractivity contribution in [1.29, 1.82) is 0 Å². The molecule has 1 N–H and O–H groups in total. The predicted octanol–water partition coefficient (Wildman–Crippen LogP) is 3.79. The molecule has 0 saturated carbocycles. The Morgan fingerprint density at radius 1 is 1.19 bits per heavy atom. The summed E-state index contributed by atoms with van der Waals surface area (Å²) in [5.74, 6) is 1.02. The van der Waals surface area contributed by atoms with Crippen molar-refractivity contribution in [2.24, 2.45) is 5.92 Å². The van der Waals surface area contributed by atoms with Gasteiger partial charge in [-0.2, -0.15) is 0 Å². The molecule has 3 heterocycles. The molecule has 0 amide bonds. The van der Waals surface area contributed by atoms with Crippen LogP contribution in [0.1, 0.15) is 24.6 Å². The number of halogens is 2. The number of fused-ring (bicyclic) bond motifs is 1. The van der Waals surface area contributed by atoms with Gasteiger partial charge in [0.1, 0.15) is 11.6 Å². The van der Waals surface area contributed by atoms with Crippen LogP contribution in [-0.2, 0) is 0 Å². The number of hydrogen-bond donors (Lipinski definition) is 1. The van der Waals surface area contributed by atoms with Gasteiger partial charge in [-0.25, -0.2) is 4.39 Å². The summed E-state index contributed by atoms with van der Waals surface area (Å²) in [6, 6.07) is 11.2. The molecule has 2 saturated heterocycles. The Morgan fingerprint density at radius 2 is 2.04 bits per heavy atom. The first-order valence-corrected chi connectivity index (χ1v) is 9.95. The molecular weight excluding hydrogens is 397 g/mol. The molecular formula is C20H23BrFN3O. The van der Waals surface area contributed by atoms with Gasteiger partial charge in [-0.1, -0.05) is 0 Å². The van der Waals surface area contributed by atoms with Crippen LogP contribution in [0.15, 0.2) is 47.1 Å². The monoisotopic (exact) mass is 419 g/mol. The van der Waals surface area contributed by atoms with E-state index in [4.69, 9.17) is 4.74 Å². The number of rotatable bonds is 4. The van der Waals surface area contributed by atoms with Gasteiger partial charge in [0.25, 0.3) is 0 Å². The number of nitrogens with one attached hydrogen (secondary N) is 1. The first kappa shape index (κ1) is 17.9. The second-order valence-electron chi connectivity index (χ2n) is 7.10. The van der Waals surface area contributed by atoms with Crippen molar-refractivity contribution in [3.8, 4) is 5.75 Å². The van der Waals surface area contributed by atoms with Gasteiger partial charge in [0, 0.05) is 42.3 Å². The normalized spacial score (nSPS) is 26.3. The van der Waals surface area contributed by atoms with E-state index in [0.717, 1.165) is 48.4 Å². The second kappa shape index (κ2) is 8.03. The van der Waals surface area contributed by atoms with Crippen LogP contribution in [0, 0.1) is 11.7 Å². The summed E-state index contributed by atoms with van der Waals surface area (Å²) >= 11 is 3.46. The van der Waals surface area contributed by atoms with Crippen molar-refractivity contribution in [2.75, 3.05) is 26.2 Å². The predicted molar refractivity (Wildman–Crippen MR) is 103 cm³/mol. The zero-order valence-corrected chi connectivity index (χ0v) is 16.2. The summed E-state index contributed by atoms with van der Waals surface area (Å²) in [5, 5.41) is 3.65. The van der Waals surface area contributed by atoms with Gasteiger partial charge in [-0.05, 0) is 65.2 Å². The Morgan fingerprint density at radius 3 is 2.81 bits per heavy atom.